The van der Waals surface area contributed by atoms with Gasteiger partial charge in [-0.25, -0.2) is 4.79 Å². The predicted molar refractivity (Wildman–Crippen MR) is 97.1 cm³/mol. The molecule has 0 bridgehead atoms. The SMILES string of the molecule is C[C@@]1(C2CC2)NC(=O)N(CC(=O)NC2CCN(C(=O)c3ccoc3)CC2)C1=O. The van der Waals surface area contributed by atoms with Crippen LogP contribution in [0, 0.1) is 5.92 Å². The lowest BCUT2D eigenvalue weighted by atomic mass is 9.96. The maximum absolute atomic E-state index is 12.6. The second-order valence-electron chi connectivity index (χ2n) is 7.94. The zero-order chi connectivity index (χ0) is 19.9. The minimum atomic E-state index is -0.879. The first-order valence-corrected chi connectivity index (χ1v) is 9.63. The first-order chi connectivity index (χ1) is 13.4. The second kappa shape index (κ2) is 6.96. The summed E-state index contributed by atoms with van der Waals surface area (Å²) in [7, 11) is 0. The van der Waals surface area contributed by atoms with E-state index >= 15 is 0 Å². The molecule has 0 spiro atoms. The maximum atomic E-state index is 12.6. The van der Waals surface area contributed by atoms with Crippen LogP contribution >= 0.6 is 0 Å². The van der Waals surface area contributed by atoms with Crippen LogP contribution in [0.2, 0.25) is 0 Å². The van der Waals surface area contributed by atoms with Crippen LogP contribution in [0.4, 0.5) is 4.79 Å². The number of carbonyl (C=O) groups excluding carboxylic acids is 4. The fraction of sp³-hybridized carbons (Fsp3) is 0.579. The quantitative estimate of drug-likeness (QED) is 0.722. The van der Waals surface area contributed by atoms with Gasteiger partial charge >= 0.3 is 6.03 Å². The molecule has 3 aliphatic rings. The van der Waals surface area contributed by atoms with Gasteiger partial charge in [0.15, 0.2) is 0 Å². The summed E-state index contributed by atoms with van der Waals surface area (Å²) in [6.45, 7) is 2.51. The van der Waals surface area contributed by atoms with Gasteiger partial charge in [-0.05, 0) is 44.6 Å². The molecule has 4 rings (SSSR count). The number of rotatable bonds is 5. The minimum Gasteiger partial charge on any atom is -0.472 e. The molecule has 28 heavy (non-hydrogen) atoms. The summed E-state index contributed by atoms with van der Waals surface area (Å²) in [5.74, 6) is -0.606. The number of furan rings is 1. The molecule has 9 nitrogen and oxygen atoms in total. The summed E-state index contributed by atoms with van der Waals surface area (Å²) in [6.07, 6.45) is 5.95. The molecular formula is C19H24N4O5. The molecule has 1 atom stereocenters. The van der Waals surface area contributed by atoms with E-state index in [9.17, 15) is 19.2 Å². The van der Waals surface area contributed by atoms with Crippen molar-refractivity contribution < 1.29 is 23.6 Å². The smallest absolute Gasteiger partial charge is 0.325 e. The van der Waals surface area contributed by atoms with Crippen molar-refractivity contribution in [1.82, 2.24) is 20.4 Å². The van der Waals surface area contributed by atoms with E-state index in [4.69, 9.17) is 4.42 Å². The van der Waals surface area contributed by atoms with Crippen molar-refractivity contribution in [3.63, 3.8) is 0 Å². The number of nitrogens with zero attached hydrogens (tertiary/aromatic N) is 2. The topological polar surface area (TPSA) is 112 Å². The molecule has 3 fully saturated rings. The highest BCUT2D eigenvalue weighted by Gasteiger charge is 2.56. The first kappa shape index (κ1) is 18.5. The number of imide groups is 1. The van der Waals surface area contributed by atoms with Gasteiger partial charge in [0.05, 0.1) is 11.8 Å². The summed E-state index contributed by atoms with van der Waals surface area (Å²) in [6, 6.07) is 1.04. The van der Waals surface area contributed by atoms with E-state index in [1.165, 1.54) is 12.5 Å². The van der Waals surface area contributed by atoms with E-state index in [2.05, 4.69) is 10.6 Å². The van der Waals surface area contributed by atoms with Crippen molar-refractivity contribution in [2.45, 2.75) is 44.2 Å². The number of hydrogen-bond acceptors (Lipinski definition) is 5. The molecule has 1 aromatic heterocycles. The van der Waals surface area contributed by atoms with E-state index in [0.29, 0.717) is 31.5 Å². The summed E-state index contributed by atoms with van der Waals surface area (Å²) in [4.78, 5) is 52.2. The van der Waals surface area contributed by atoms with Gasteiger partial charge < -0.3 is 20.0 Å². The van der Waals surface area contributed by atoms with Crippen molar-refractivity contribution in [3.8, 4) is 0 Å². The van der Waals surface area contributed by atoms with E-state index in [-0.39, 0.29) is 36.2 Å². The Kier molecular flexibility index (Phi) is 4.60. The van der Waals surface area contributed by atoms with Crippen LogP contribution in [0.15, 0.2) is 23.0 Å². The van der Waals surface area contributed by atoms with Crippen LogP contribution in [0.3, 0.4) is 0 Å². The number of amides is 5. The van der Waals surface area contributed by atoms with Crippen molar-refractivity contribution >= 4 is 23.8 Å². The molecule has 150 valence electrons. The van der Waals surface area contributed by atoms with Crippen LogP contribution in [0.25, 0.3) is 0 Å². The highest BCUT2D eigenvalue weighted by molar-refractivity contribution is 6.09. The third-order valence-corrected chi connectivity index (χ3v) is 5.91. The Labute approximate surface area is 162 Å². The average Bonchev–Trinajstić information content (AvgIpc) is 3.35. The van der Waals surface area contributed by atoms with Gasteiger partial charge in [-0.2, -0.15) is 0 Å². The molecule has 0 aromatic carbocycles. The highest BCUT2D eigenvalue weighted by Crippen LogP contribution is 2.42. The van der Waals surface area contributed by atoms with E-state index in [1.54, 1.807) is 17.9 Å². The Balaban J connectivity index is 1.26. The van der Waals surface area contributed by atoms with Crippen molar-refractivity contribution in [3.05, 3.63) is 24.2 Å². The second-order valence-corrected chi connectivity index (χ2v) is 7.94. The molecule has 9 heteroatoms. The number of piperidine rings is 1. The summed E-state index contributed by atoms with van der Waals surface area (Å²) in [5, 5.41) is 5.62. The standard InChI is InChI=1S/C19H24N4O5/c1-19(13-2-3-13)17(26)23(18(27)21-19)10-15(24)20-14-4-7-22(8-5-14)16(25)12-6-9-28-11-12/h6,9,11,13-14H,2-5,7-8,10H2,1H3,(H,20,24)(H,21,27)/t19-/m0/s1. The normalized spacial score (nSPS) is 25.8. The highest BCUT2D eigenvalue weighted by atomic mass is 16.3. The van der Waals surface area contributed by atoms with Crippen molar-refractivity contribution in [1.29, 1.82) is 0 Å². The van der Waals surface area contributed by atoms with E-state index < -0.39 is 11.6 Å². The Hall–Kier alpha value is -2.84. The van der Waals surface area contributed by atoms with Crippen molar-refractivity contribution in [2.24, 2.45) is 5.92 Å². The van der Waals surface area contributed by atoms with Crippen LogP contribution < -0.4 is 10.6 Å². The lowest BCUT2D eigenvalue weighted by Gasteiger charge is -2.32. The molecule has 3 heterocycles. The zero-order valence-electron chi connectivity index (χ0n) is 15.8. The number of likely N-dealkylation sites (tertiary alicyclic amines) is 1. The Bertz CT molecular complexity index is 795. The lowest BCUT2D eigenvalue weighted by Crippen LogP contribution is -2.50. The van der Waals surface area contributed by atoms with E-state index in [0.717, 1.165) is 17.7 Å². The van der Waals surface area contributed by atoms with Gasteiger partial charge in [-0.15, -0.1) is 0 Å². The van der Waals surface area contributed by atoms with Crippen LogP contribution in [0.1, 0.15) is 43.0 Å². The average molecular weight is 388 g/mol. The fourth-order valence-electron chi connectivity index (χ4n) is 4.01. The molecule has 0 radical (unpaired) electrons. The van der Waals surface area contributed by atoms with Crippen molar-refractivity contribution in [2.75, 3.05) is 19.6 Å². The number of hydrogen-bond donors (Lipinski definition) is 2. The summed E-state index contributed by atoms with van der Waals surface area (Å²) < 4.78 is 4.94. The van der Waals surface area contributed by atoms with Crippen LogP contribution in [-0.2, 0) is 9.59 Å². The Morgan fingerprint density at radius 1 is 1.25 bits per heavy atom. The molecule has 2 saturated heterocycles. The summed E-state index contributed by atoms with van der Waals surface area (Å²) in [5.41, 5.74) is -0.365. The largest absolute Gasteiger partial charge is 0.472 e. The molecule has 0 unspecified atom stereocenters. The van der Waals surface area contributed by atoms with Gasteiger partial charge in [0.25, 0.3) is 11.8 Å². The number of carbonyl (C=O) groups is 4. The molecule has 1 saturated carbocycles. The molecule has 2 aliphatic heterocycles. The van der Waals surface area contributed by atoms with Crippen LogP contribution in [0.5, 0.6) is 0 Å². The maximum Gasteiger partial charge on any atom is 0.325 e. The number of urea groups is 1. The first-order valence-electron chi connectivity index (χ1n) is 9.63. The predicted octanol–water partition coefficient (Wildman–Crippen LogP) is 0.721. The molecule has 1 aliphatic carbocycles. The molecule has 1 aromatic rings. The minimum absolute atomic E-state index is 0.0859. The van der Waals surface area contributed by atoms with E-state index in [1.807, 2.05) is 0 Å². The molecule has 5 amide bonds. The van der Waals surface area contributed by atoms with Gasteiger partial charge in [-0.3, -0.25) is 19.3 Å². The third kappa shape index (κ3) is 3.36. The Morgan fingerprint density at radius 2 is 1.96 bits per heavy atom. The molecular weight excluding hydrogens is 364 g/mol. The van der Waals surface area contributed by atoms with Gasteiger partial charge in [-0.1, -0.05) is 0 Å². The number of nitrogens with one attached hydrogen (secondary N) is 2. The van der Waals surface area contributed by atoms with Gasteiger partial charge in [0, 0.05) is 19.1 Å². The van der Waals surface area contributed by atoms with Gasteiger partial charge in [0.1, 0.15) is 18.3 Å². The monoisotopic (exact) mass is 388 g/mol. The Morgan fingerprint density at radius 3 is 2.57 bits per heavy atom. The fourth-order valence-corrected chi connectivity index (χ4v) is 4.01. The van der Waals surface area contributed by atoms with Gasteiger partial charge in [0.2, 0.25) is 5.91 Å². The van der Waals surface area contributed by atoms with Crippen LogP contribution in [-0.4, -0.2) is 64.8 Å². The molecule has 2 N–H and O–H groups in total. The third-order valence-electron chi connectivity index (χ3n) is 5.91. The lowest BCUT2D eigenvalue weighted by molar-refractivity contribution is -0.135. The summed E-state index contributed by atoms with van der Waals surface area (Å²) >= 11 is 0. The zero-order valence-corrected chi connectivity index (χ0v) is 15.8.